The summed E-state index contributed by atoms with van der Waals surface area (Å²) in [6.07, 6.45) is -0.575. The monoisotopic (exact) mass is 444 g/mol. The minimum absolute atomic E-state index is 0.258. The van der Waals surface area contributed by atoms with Gasteiger partial charge in [0.1, 0.15) is 25.1 Å². The summed E-state index contributed by atoms with van der Waals surface area (Å²) in [7, 11) is 1.98. The van der Waals surface area contributed by atoms with Crippen molar-refractivity contribution in [2.24, 2.45) is 0 Å². The number of aliphatic hydroxyl groups excluding tert-OH is 1. The number of likely N-dealkylation sites (N-methyl/N-ethyl adjacent to an activating group) is 1. The molecule has 0 amide bonds. The molecule has 0 aromatic heterocycles. The highest BCUT2D eigenvalue weighted by Crippen LogP contribution is 2.29. The lowest BCUT2D eigenvalue weighted by molar-refractivity contribution is 0.0320. The predicted octanol–water partition coefficient (Wildman–Crippen LogP) is 2.67. The van der Waals surface area contributed by atoms with Crippen LogP contribution >= 0.6 is 0 Å². The molecule has 176 valence electrons. The molecule has 7 heteroatoms. The molecule has 1 atom stereocenters. The Labute approximate surface area is 191 Å². The molecule has 1 fully saturated rings. The first-order valence-corrected chi connectivity index (χ1v) is 11.4. The quantitative estimate of drug-likeness (QED) is 0.510. The van der Waals surface area contributed by atoms with Gasteiger partial charge in [-0.1, -0.05) is 24.3 Å². The number of benzene rings is 2. The van der Waals surface area contributed by atoms with Crippen LogP contribution in [-0.2, 0) is 11.3 Å². The van der Waals surface area contributed by atoms with Crippen molar-refractivity contribution in [2.75, 3.05) is 66.3 Å². The number of nitrogens with zero attached hydrogens (tertiary/aromatic N) is 2. The van der Waals surface area contributed by atoms with Gasteiger partial charge in [-0.15, -0.1) is 0 Å². The molecule has 0 aliphatic carbocycles. The zero-order valence-corrected chi connectivity index (χ0v) is 19.2. The Morgan fingerprint density at radius 1 is 1.03 bits per heavy atom. The normalized spacial score (nSPS) is 15.5. The Morgan fingerprint density at radius 2 is 1.81 bits per heavy atom. The zero-order valence-electron chi connectivity index (χ0n) is 19.2. The van der Waals surface area contributed by atoms with E-state index in [2.05, 4.69) is 15.9 Å². The Kier molecular flexibility index (Phi) is 10.1. The minimum atomic E-state index is -0.575. The molecule has 1 heterocycles. The van der Waals surface area contributed by atoms with Gasteiger partial charge in [0.15, 0.2) is 11.5 Å². The molecule has 0 unspecified atom stereocenters. The van der Waals surface area contributed by atoms with Crippen LogP contribution in [-0.4, -0.2) is 87.3 Å². The molecule has 0 radical (unpaired) electrons. The van der Waals surface area contributed by atoms with Crippen LogP contribution in [0.4, 0.5) is 0 Å². The van der Waals surface area contributed by atoms with Crippen molar-refractivity contribution < 1.29 is 24.1 Å². The summed E-state index contributed by atoms with van der Waals surface area (Å²) in [5.74, 6) is 2.29. The fourth-order valence-corrected chi connectivity index (χ4v) is 3.65. The molecule has 1 saturated heterocycles. The van der Waals surface area contributed by atoms with Crippen LogP contribution < -0.4 is 14.2 Å². The molecule has 32 heavy (non-hydrogen) atoms. The first-order chi connectivity index (χ1) is 15.6. The summed E-state index contributed by atoms with van der Waals surface area (Å²) >= 11 is 0. The van der Waals surface area contributed by atoms with E-state index in [9.17, 15) is 5.11 Å². The van der Waals surface area contributed by atoms with E-state index in [1.165, 1.54) is 0 Å². The van der Waals surface area contributed by atoms with E-state index < -0.39 is 6.10 Å². The lowest BCUT2D eigenvalue weighted by Crippen LogP contribution is -2.38. The highest BCUT2D eigenvalue weighted by Gasteiger charge is 2.14. The Morgan fingerprint density at radius 3 is 2.56 bits per heavy atom. The second-order valence-corrected chi connectivity index (χ2v) is 7.99. The molecule has 2 aromatic rings. The number of ether oxygens (including phenoxy) is 4. The molecule has 1 N–H and O–H groups in total. The van der Waals surface area contributed by atoms with E-state index in [-0.39, 0.29) is 6.61 Å². The van der Waals surface area contributed by atoms with Gasteiger partial charge in [-0.2, -0.15) is 0 Å². The Bertz CT molecular complexity index is 783. The van der Waals surface area contributed by atoms with Crippen LogP contribution in [0.15, 0.2) is 48.5 Å². The summed E-state index contributed by atoms with van der Waals surface area (Å²) in [5.41, 5.74) is 1.10. The average molecular weight is 445 g/mol. The van der Waals surface area contributed by atoms with Crippen molar-refractivity contribution >= 4 is 0 Å². The van der Waals surface area contributed by atoms with E-state index in [0.717, 1.165) is 55.7 Å². The standard InChI is InChI=1S/C25H36N2O5/c1-3-30-25-17-21(9-10-24(25)31-16-13-27-11-14-29-15-12-27)18-26(2)19-22(28)20-32-23-7-5-4-6-8-23/h4-10,17,22,28H,3,11-16,18-20H2,1-2H3/t22-/m1/s1. The van der Waals surface area contributed by atoms with Crippen molar-refractivity contribution in [3.63, 3.8) is 0 Å². The van der Waals surface area contributed by atoms with E-state index >= 15 is 0 Å². The topological polar surface area (TPSA) is 63.6 Å². The van der Waals surface area contributed by atoms with Gasteiger partial charge < -0.3 is 24.1 Å². The third-order valence-electron chi connectivity index (χ3n) is 5.24. The van der Waals surface area contributed by atoms with E-state index in [1.54, 1.807) is 0 Å². The van der Waals surface area contributed by atoms with Crippen LogP contribution in [0, 0.1) is 0 Å². The number of hydrogen-bond acceptors (Lipinski definition) is 7. The van der Waals surface area contributed by atoms with Gasteiger partial charge in [0.2, 0.25) is 0 Å². The molecule has 3 rings (SSSR count). The molecular formula is C25H36N2O5. The lowest BCUT2D eigenvalue weighted by Gasteiger charge is -2.26. The van der Waals surface area contributed by atoms with Gasteiger partial charge >= 0.3 is 0 Å². The number of para-hydroxylation sites is 1. The maximum Gasteiger partial charge on any atom is 0.161 e. The molecule has 0 bridgehead atoms. The number of aliphatic hydroxyl groups is 1. The minimum Gasteiger partial charge on any atom is -0.491 e. The maximum atomic E-state index is 10.3. The molecule has 0 spiro atoms. The van der Waals surface area contributed by atoms with Gasteiger partial charge in [-0.05, 0) is 43.8 Å². The zero-order chi connectivity index (χ0) is 22.6. The van der Waals surface area contributed by atoms with Crippen molar-refractivity contribution in [3.8, 4) is 17.2 Å². The maximum absolute atomic E-state index is 10.3. The number of morpholine rings is 1. The predicted molar refractivity (Wildman–Crippen MR) is 125 cm³/mol. The van der Waals surface area contributed by atoms with Crippen LogP contribution in [0.5, 0.6) is 17.2 Å². The molecule has 0 saturated carbocycles. The Hall–Kier alpha value is -2.32. The van der Waals surface area contributed by atoms with Crippen molar-refractivity contribution in [3.05, 3.63) is 54.1 Å². The SMILES string of the molecule is CCOc1cc(CN(C)C[C@@H](O)COc2ccccc2)ccc1OCCN1CCOCC1. The third-order valence-corrected chi connectivity index (χ3v) is 5.24. The van der Waals surface area contributed by atoms with Gasteiger partial charge in [0.25, 0.3) is 0 Å². The second-order valence-electron chi connectivity index (χ2n) is 7.99. The summed E-state index contributed by atoms with van der Waals surface area (Å²) in [5, 5.41) is 10.3. The van der Waals surface area contributed by atoms with Crippen molar-refractivity contribution in [1.29, 1.82) is 0 Å². The van der Waals surface area contributed by atoms with Gasteiger partial charge in [-0.25, -0.2) is 0 Å². The summed E-state index contributed by atoms with van der Waals surface area (Å²) in [6.45, 7) is 8.99. The first kappa shape index (κ1) is 24.3. The Balaban J connectivity index is 1.46. The fourth-order valence-electron chi connectivity index (χ4n) is 3.65. The smallest absolute Gasteiger partial charge is 0.161 e. The van der Waals surface area contributed by atoms with E-state index in [4.69, 9.17) is 18.9 Å². The summed E-state index contributed by atoms with van der Waals surface area (Å²) in [4.78, 5) is 4.42. The van der Waals surface area contributed by atoms with Gasteiger partial charge in [-0.3, -0.25) is 9.80 Å². The number of hydrogen-bond donors (Lipinski definition) is 1. The van der Waals surface area contributed by atoms with Crippen molar-refractivity contribution in [2.45, 2.75) is 19.6 Å². The van der Waals surface area contributed by atoms with Gasteiger partial charge in [0, 0.05) is 32.7 Å². The molecule has 1 aliphatic rings. The van der Waals surface area contributed by atoms with Crippen molar-refractivity contribution in [1.82, 2.24) is 9.80 Å². The molecule has 2 aromatic carbocycles. The molecular weight excluding hydrogens is 408 g/mol. The highest BCUT2D eigenvalue weighted by atomic mass is 16.5. The van der Waals surface area contributed by atoms with E-state index in [1.807, 2.05) is 56.4 Å². The molecule has 7 nitrogen and oxygen atoms in total. The van der Waals surface area contributed by atoms with Gasteiger partial charge in [0.05, 0.1) is 19.8 Å². The lowest BCUT2D eigenvalue weighted by atomic mass is 10.2. The second kappa shape index (κ2) is 13.3. The van der Waals surface area contributed by atoms with E-state index in [0.29, 0.717) is 26.3 Å². The molecule has 1 aliphatic heterocycles. The largest absolute Gasteiger partial charge is 0.491 e. The third kappa shape index (κ3) is 8.31. The average Bonchev–Trinajstić information content (AvgIpc) is 2.80. The summed E-state index contributed by atoms with van der Waals surface area (Å²) < 4.78 is 22.9. The highest BCUT2D eigenvalue weighted by molar-refractivity contribution is 5.43. The first-order valence-electron chi connectivity index (χ1n) is 11.4. The summed E-state index contributed by atoms with van der Waals surface area (Å²) in [6, 6.07) is 15.6. The van der Waals surface area contributed by atoms with Crippen LogP contribution in [0.1, 0.15) is 12.5 Å². The number of rotatable bonds is 13. The fraction of sp³-hybridized carbons (Fsp3) is 0.520. The van der Waals surface area contributed by atoms with Crippen LogP contribution in [0.2, 0.25) is 0 Å². The van der Waals surface area contributed by atoms with Crippen LogP contribution in [0.25, 0.3) is 0 Å². The van der Waals surface area contributed by atoms with Crippen LogP contribution in [0.3, 0.4) is 0 Å².